The second kappa shape index (κ2) is 10.4. The van der Waals surface area contributed by atoms with Gasteiger partial charge in [0.05, 0.1) is 34.0 Å². The van der Waals surface area contributed by atoms with Crippen molar-refractivity contribution >= 4 is 45.6 Å². The van der Waals surface area contributed by atoms with Gasteiger partial charge in [-0.2, -0.15) is 13.2 Å². The van der Waals surface area contributed by atoms with Gasteiger partial charge in [-0.15, -0.1) is 0 Å². The molecule has 0 bridgehead atoms. The first-order chi connectivity index (χ1) is 17.5. The van der Waals surface area contributed by atoms with Gasteiger partial charge in [0, 0.05) is 23.9 Å². The number of benzene rings is 2. The number of likely N-dealkylation sites (tertiary alicyclic amines) is 1. The van der Waals surface area contributed by atoms with E-state index in [0.717, 1.165) is 6.08 Å². The molecule has 0 saturated carbocycles. The van der Waals surface area contributed by atoms with Crippen molar-refractivity contribution in [3.63, 3.8) is 0 Å². The number of carbonyl (C=O) groups is 1. The molecule has 1 unspecified atom stereocenters. The third-order valence-electron chi connectivity index (χ3n) is 5.88. The van der Waals surface area contributed by atoms with Crippen LogP contribution in [0, 0.1) is 23.1 Å². The molecule has 11 heteroatoms. The quantitative estimate of drug-likeness (QED) is 0.243. The third kappa shape index (κ3) is 6.37. The summed E-state index contributed by atoms with van der Waals surface area (Å²) in [4.78, 5) is 21.9. The summed E-state index contributed by atoms with van der Waals surface area (Å²) in [5.74, 6) is 5.25. The second-order valence-electron chi connectivity index (χ2n) is 8.94. The number of halogens is 5. The first-order valence-electron chi connectivity index (χ1n) is 11.2. The van der Waals surface area contributed by atoms with Crippen molar-refractivity contribution in [2.45, 2.75) is 19.5 Å². The zero-order valence-corrected chi connectivity index (χ0v) is 20.5. The zero-order chi connectivity index (χ0) is 26.8. The maximum atomic E-state index is 14.5. The maximum Gasteiger partial charge on any atom is 0.401 e. The third-order valence-corrected chi connectivity index (χ3v) is 6.17. The summed E-state index contributed by atoms with van der Waals surface area (Å²) in [6.45, 7) is 4.74. The van der Waals surface area contributed by atoms with Crippen LogP contribution in [0.25, 0.3) is 10.9 Å². The van der Waals surface area contributed by atoms with Crippen molar-refractivity contribution in [2.75, 3.05) is 30.3 Å². The lowest BCUT2D eigenvalue weighted by Crippen LogP contribution is -2.33. The molecule has 6 nitrogen and oxygen atoms in total. The van der Waals surface area contributed by atoms with E-state index in [9.17, 15) is 22.4 Å². The minimum absolute atomic E-state index is 0.0611. The molecule has 0 aliphatic carbocycles. The van der Waals surface area contributed by atoms with Crippen LogP contribution >= 0.6 is 11.6 Å². The summed E-state index contributed by atoms with van der Waals surface area (Å²) in [5, 5.41) is 6.00. The first-order valence-corrected chi connectivity index (χ1v) is 11.6. The van der Waals surface area contributed by atoms with E-state index in [1.807, 2.05) is 6.92 Å². The molecule has 1 atom stereocenters. The van der Waals surface area contributed by atoms with Crippen LogP contribution in [0.15, 0.2) is 49.3 Å². The number of fused-ring (bicyclic) bond motifs is 1. The smallest absolute Gasteiger partial charge is 0.337 e. The van der Waals surface area contributed by atoms with Gasteiger partial charge in [-0.05, 0) is 43.7 Å². The molecular weight excluding hydrogens is 510 g/mol. The number of hydrogen-bond donors (Lipinski definition) is 2. The number of alkyl halides is 3. The predicted octanol–water partition coefficient (Wildman–Crippen LogP) is 5.92. The fraction of sp³-hybridized carbons (Fsp3) is 0.269. The first kappa shape index (κ1) is 26.4. The van der Waals surface area contributed by atoms with Crippen molar-refractivity contribution in [2.24, 2.45) is 5.41 Å². The Hall–Kier alpha value is -3.68. The summed E-state index contributed by atoms with van der Waals surface area (Å²) in [6.07, 6.45) is -1.42. The molecule has 37 heavy (non-hydrogen) atoms. The van der Waals surface area contributed by atoms with Crippen LogP contribution in [-0.4, -0.2) is 46.6 Å². The standard InChI is InChI=1S/C26H22ClF4N5O/c1-3-22(37)34-20-12-17-21(32-15-33-24(17)35-19-6-4-5-18(27)23(19)28)11-16(20)7-8-25(2)9-10-36(13-25)14-26(29,30)31/h3-6,11-12,15H,1,9-10,13-14H2,2H3,(H,34,37)(H,32,33,35). The highest BCUT2D eigenvalue weighted by Gasteiger charge is 2.38. The van der Waals surface area contributed by atoms with Gasteiger partial charge in [0.2, 0.25) is 5.91 Å². The van der Waals surface area contributed by atoms with E-state index < -0.39 is 29.9 Å². The van der Waals surface area contributed by atoms with Gasteiger partial charge in [-0.25, -0.2) is 14.4 Å². The Morgan fingerprint density at radius 3 is 2.81 bits per heavy atom. The van der Waals surface area contributed by atoms with Gasteiger partial charge in [-0.3, -0.25) is 9.69 Å². The normalized spacial score (nSPS) is 17.8. The molecule has 0 spiro atoms. The number of aromatic nitrogens is 2. The predicted molar refractivity (Wildman–Crippen MR) is 135 cm³/mol. The van der Waals surface area contributed by atoms with E-state index in [4.69, 9.17) is 11.6 Å². The number of anilines is 3. The molecular formula is C26H22ClF4N5O. The molecule has 2 heterocycles. The van der Waals surface area contributed by atoms with E-state index in [0.29, 0.717) is 28.6 Å². The molecule has 2 aromatic carbocycles. The van der Waals surface area contributed by atoms with Crippen LogP contribution in [0.1, 0.15) is 18.9 Å². The van der Waals surface area contributed by atoms with E-state index in [-0.39, 0.29) is 29.6 Å². The summed E-state index contributed by atoms with van der Waals surface area (Å²) in [6, 6.07) is 7.73. The molecule has 1 aliphatic heterocycles. The van der Waals surface area contributed by atoms with Crippen molar-refractivity contribution in [1.29, 1.82) is 0 Å². The van der Waals surface area contributed by atoms with Crippen LogP contribution in [-0.2, 0) is 4.79 Å². The van der Waals surface area contributed by atoms with E-state index >= 15 is 0 Å². The van der Waals surface area contributed by atoms with Gasteiger partial charge in [0.15, 0.2) is 5.82 Å². The molecule has 1 aliphatic rings. The SMILES string of the molecule is C=CC(=O)Nc1cc2c(Nc3cccc(Cl)c3F)ncnc2cc1C#CC1(C)CCN(CC(F)(F)F)C1. The number of nitrogens with zero attached hydrogens (tertiary/aromatic N) is 3. The average molecular weight is 532 g/mol. The number of rotatable bonds is 5. The highest BCUT2D eigenvalue weighted by atomic mass is 35.5. The Morgan fingerprint density at radius 2 is 2.08 bits per heavy atom. The molecule has 1 amide bonds. The largest absolute Gasteiger partial charge is 0.401 e. The highest BCUT2D eigenvalue weighted by molar-refractivity contribution is 6.31. The summed E-state index contributed by atoms with van der Waals surface area (Å²) < 4.78 is 52.9. The Morgan fingerprint density at radius 1 is 1.30 bits per heavy atom. The zero-order valence-electron chi connectivity index (χ0n) is 19.7. The fourth-order valence-electron chi connectivity index (χ4n) is 4.09. The fourth-order valence-corrected chi connectivity index (χ4v) is 4.26. The molecule has 3 aromatic rings. The summed E-state index contributed by atoms with van der Waals surface area (Å²) in [5.41, 5.74) is 0.629. The Bertz CT molecular complexity index is 1430. The monoisotopic (exact) mass is 531 g/mol. The molecule has 1 saturated heterocycles. The Kier molecular flexibility index (Phi) is 7.39. The van der Waals surface area contributed by atoms with Gasteiger partial charge >= 0.3 is 6.18 Å². The number of carbonyl (C=O) groups excluding carboxylic acids is 1. The summed E-state index contributed by atoms with van der Waals surface area (Å²) >= 11 is 5.88. The van der Waals surface area contributed by atoms with Crippen LogP contribution in [0.4, 0.5) is 34.8 Å². The van der Waals surface area contributed by atoms with Crippen molar-refractivity contribution < 1.29 is 22.4 Å². The topological polar surface area (TPSA) is 70.1 Å². The van der Waals surface area contributed by atoms with Crippen molar-refractivity contribution in [3.8, 4) is 11.8 Å². The van der Waals surface area contributed by atoms with Gasteiger partial charge < -0.3 is 10.6 Å². The molecule has 1 fully saturated rings. The van der Waals surface area contributed by atoms with Crippen LogP contribution in [0.2, 0.25) is 5.02 Å². The molecule has 2 N–H and O–H groups in total. The van der Waals surface area contributed by atoms with Crippen LogP contribution in [0.5, 0.6) is 0 Å². The molecule has 1 aromatic heterocycles. The second-order valence-corrected chi connectivity index (χ2v) is 9.35. The lowest BCUT2D eigenvalue weighted by molar-refractivity contribution is -0.144. The highest BCUT2D eigenvalue weighted by Crippen LogP contribution is 2.33. The van der Waals surface area contributed by atoms with Gasteiger partial charge in [0.1, 0.15) is 12.1 Å². The number of hydrogen-bond acceptors (Lipinski definition) is 5. The van der Waals surface area contributed by atoms with E-state index in [1.165, 1.54) is 23.4 Å². The molecule has 4 rings (SSSR count). The molecule has 192 valence electrons. The lowest BCUT2D eigenvalue weighted by Gasteiger charge is -2.20. The molecule has 0 radical (unpaired) electrons. The minimum atomic E-state index is -4.28. The van der Waals surface area contributed by atoms with Crippen molar-refractivity contribution in [3.05, 3.63) is 65.7 Å². The van der Waals surface area contributed by atoms with Gasteiger partial charge in [-0.1, -0.05) is 36.1 Å². The van der Waals surface area contributed by atoms with E-state index in [2.05, 4.69) is 39.0 Å². The van der Waals surface area contributed by atoms with Gasteiger partial charge in [0.25, 0.3) is 0 Å². The summed E-state index contributed by atoms with van der Waals surface area (Å²) in [7, 11) is 0. The Labute approximate surface area is 215 Å². The Balaban J connectivity index is 1.72. The minimum Gasteiger partial charge on any atom is -0.337 e. The maximum absolute atomic E-state index is 14.5. The average Bonchev–Trinajstić information content (AvgIpc) is 3.19. The number of amides is 1. The van der Waals surface area contributed by atoms with Crippen LogP contribution in [0.3, 0.4) is 0 Å². The van der Waals surface area contributed by atoms with E-state index in [1.54, 1.807) is 18.2 Å². The number of nitrogens with one attached hydrogen (secondary N) is 2. The van der Waals surface area contributed by atoms with Crippen LogP contribution < -0.4 is 10.6 Å². The van der Waals surface area contributed by atoms with Crippen molar-refractivity contribution in [1.82, 2.24) is 14.9 Å². The lowest BCUT2D eigenvalue weighted by atomic mass is 9.90.